The Morgan fingerprint density at radius 2 is 2.00 bits per heavy atom. The first kappa shape index (κ1) is 12.7. The van der Waals surface area contributed by atoms with Crippen molar-refractivity contribution in [1.82, 2.24) is 5.48 Å². The van der Waals surface area contributed by atoms with Crippen LogP contribution in [0.15, 0.2) is 18.2 Å². The van der Waals surface area contributed by atoms with E-state index in [-0.39, 0.29) is 5.91 Å². The summed E-state index contributed by atoms with van der Waals surface area (Å²) in [6, 6.07) is 5.20. The molecular formula is C13H17NO4. The summed E-state index contributed by atoms with van der Waals surface area (Å²) < 4.78 is 10.9. The number of amides is 1. The fourth-order valence-corrected chi connectivity index (χ4v) is 1.51. The topological polar surface area (TPSA) is 56.8 Å². The van der Waals surface area contributed by atoms with Gasteiger partial charge in [0, 0.05) is 0 Å². The van der Waals surface area contributed by atoms with E-state index < -0.39 is 5.60 Å². The number of para-hydroxylation sites is 1. The molecule has 0 radical (unpaired) electrons. The molecule has 0 saturated heterocycles. The number of ether oxygens (including phenoxy) is 2. The average Bonchev–Trinajstić information content (AvgIpc) is 2.34. The predicted molar refractivity (Wildman–Crippen MR) is 65.7 cm³/mol. The van der Waals surface area contributed by atoms with Crippen LogP contribution in [0.3, 0.4) is 0 Å². The van der Waals surface area contributed by atoms with Crippen LogP contribution in [-0.2, 0) is 4.84 Å². The molecule has 1 aliphatic rings. The molecule has 0 atom stereocenters. The lowest BCUT2D eigenvalue weighted by molar-refractivity contribution is -0.0591. The summed E-state index contributed by atoms with van der Waals surface area (Å²) in [5.41, 5.74) is 2.39. The van der Waals surface area contributed by atoms with E-state index in [1.54, 1.807) is 18.2 Å². The quantitative estimate of drug-likeness (QED) is 0.816. The van der Waals surface area contributed by atoms with Gasteiger partial charge in [0.2, 0.25) is 0 Å². The van der Waals surface area contributed by atoms with Crippen molar-refractivity contribution in [3.8, 4) is 11.5 Å². The number of fused-ring (bicyclic) bond motifs is 1. The molecule has 5 heteroatoms. The summed E-state index contributed by atoms with van der Waals surface area (Å²) in [5.74, 6) is 0.718. The molecule has 1 N–H and O–H groups in total. The molecule has 5 nitrogen and oxygen atoms in total. The highest BCUT2D eigenvalue weighted by atomic mass is 16.7. The molecule has 18 heavy (non-hydrogen) atoms. The molecule has 1 aliphatic heterocycles. The molecule has 0 bridgehead atoms. The zero-order valence-electron chi connectivity index (χ0n) is 10.8. The zero-order valence-corrected chi connectivity index (χ0v) is 10.8. The third-order valence-electron chi connectivity index (χ3n) is 2.26. The normalized spacial score (nSPS) is 14.2. The van der Waals surface area contributed by atoms with Gasteiger partial charge in [0.15, 0.2) is 11.5 Å². The van der Waals surface area contributed by atoms with Crippen molar-refractivity contribution < 1.29 is 19.1 Å². The minimum Gasteiger partial charge on any atom is -0.486 e. The average molecular weight is 251 g/mol. The molecule has 98 valence electrons. The Bertz CT molecular complexity index is 451. The Morgan fingerprint density at radius 3 is 2.72 bits per heavy atom. The lowest BCUT2D eigenvalue weighted by Gasteiger charge is -2.22. The van der Waals surface area contributed by atoms with E-state index in [0.717, 1.165) is 0 Å². The fourth-order valence-electron chi connectivity index (χ4n) is 1.51. The number of nitrogens with one attached hydrogen (secondary N) is 1. The van der Waals surface area contributed by atoms with Crippen molar-refractivity contribution >= 4 is 5.91 Å². The third kappa shape index (κ3) is 2.92. The number of rotatable bonds is 2. The van der Waals surface area contributed by atoms with E-state index in [9.17, 15) is 4.79 Å². The van der Waals surface area contributed by atoms with Crippen LogP contribution in [0, 0.1) is 0 Å². The van der Waals surface area contributed by atoms with Gasteiger partial charge >= 0.3 is 0 Å². The second-order valence-corrected chi connectivity index (χ2v) is 4.98. The summed E-state index contributed by atoms with van der Waals surface area (Å²) in [6.07, 6.45) is 0. The van der Waals surface area contributed by atoms with E-state index in [4.69, 9.17) is 14.3 Å². The van der Waals surface area contributed by atoms with Gasteiger partial charge in [0.1, 0.15) is 13.2 Å². The number of hydrogen-bond acceptors (Lipinski definition) is 4. The van der Waals surface area contributed by atoms with Gasteiger partial charge in [-0.1, -0.05) is 6.07 Å². The minimum absolute atomic E-state index is 0.340. The maximum absolute atomic E-state index is 12.0. The lowest BCUT2D eigenvalue weighted by Crippen LogP contribution is -2.34. The van der Waals surface area contributed by atoms with Crippen LogP contribution in [0.4, 0.5) is 0 Å². The van der Waals surface area contributed by atoms with Crippen LogP contribution in [0.5, 0.6) is 11.5 Å². The molecule has 0 aromatic heterocycles. The highest BCUT2D eigenvalue weighted by Crippen LogP contribution is 2.33. The summed E-state index contributed by atoms with van der Waals surface area (Å²) in [7, 11) is 0. The molecule has 1 heterocycles. The fraction of sp³-hybridized carbons (Fsp3) is 0.462. The van der Waals surface area contributed by atoms with Gasteiger partial charge in [0.25, 0.3) is 5.91 Å². The SMILES string of the molecule is CC(C)(C)ONC(=O)c1cccc2c1OCCO2. The largest absolute Gasteiger partial charge is 0.486 e. The number of carbonyl (C=O) groups excluding carboxylic acids is 1. The molecule has 0 spiro atoms. The molecular weight excluding hydrogens is 234 g/mol. The van der Waals surface area contributed by atoms with E-state index in [2.05, 4.69) is 5.48 Å². The van der Waals surface area contributed by atoms with Crippen LogP contribution in [0.25, 0.3) is 0 Å². The van der Waals surface area contributed by atoms with Gasteiger partial charge in [-0.05, 0) is 32.9 Å². The smallest absolute Gasteiger partial charge is 0.278 e. The molecule has 2 rings (SSSR count). The highest BCUT2D eigenvalue weighted by molar-refractivity contribution is 5.97. The van der Waals surface area contributed by atoms with E-state index in [1.165, 1.54) is 0 Å². The van der Waals surface area contributed by atoms with Crippen molar-refractivity contribution in [3.63, 3.8) is 0 Å². The molecule has 0 aliphatic carbocycles. The lowest BCUT2D eigenvalue weighted by atomic mass is 10.1. The summed E-state index contributed by atoms with van der Waals surface area (Å²) in [4.78, 5) is 17.2. The maximum atomic E-state index is 12.0. The number of carbonyl (C=O) groups is 1. The Labute approximate surface area is 106 Å². The summed E-state index contributed by atoms with van der Waals surface area (Å²) >= 11 is 0. The summed E-state index contributed by atoms with van der Waals surface area (Å²) in [5, 5.41) is 0. The third-order valence-corrected chi connectivity index (χ3v) is 2.26. The van der Waals surface area contributed by atoms with Gasteiger partial charge in [0.05, 0.1) is 11.2 Å². The van der Waals surface area contributed by atoms with Gasteiger partial charge in [-0.25, -0.2) is 5.48 Å². The zero-order chi connectivity index (χ0) is 13.2. The molecule has 1 aromatic rings. The molecule has 0 saturated carbocycles. The van der Waals surface area contributed by atoms with Crippen LogP contribution in [-0.4, -0.2) is 24.7 Å². The number of benzene rings is 1. The second-order valence-electron chi connectivity index (χ2n) is 4.98. The molecule has 1 aromatic carbocycles. The van der Waals surface area contributed by atoms with Crippen molar-refractivity contribution in [2.45, 2.75) is 26.4 Å². The van der Waals surface area contributed by atoms with E-state index in [0.29, 0.717) is 30.3 Å². The number of hydrogen-bond donors (Lipinski definition) is 1. The first-order valence-electron chi connectivity index (χ1n) is 5.84. The molecule has 0 fully saturated rings. The van der Waals surface area contributed by atoms with Crippen LogP contribution >= 0.6 is 0 Å². The Balaban J connectivity index is 2.15. The van der Waals surface area contributed by atoms with Crippen LogP contribution < -0.4 is 15.0 Å². The first-order valence-corrected chi connectivity index (χ1v) is 5.84. The van der Waals surface area contributed by atoms with Crippen LogP contribution in [0.1, 0.15) is 31.1 Å². The number of hydroxylamine groups is 1. The van der Waals surface area contributed by atoms with Crippen molar-refractivity contribution in [2.75, 3.05) is 13.2 Å². The minimum atomic E-state index is -0.443. The molecule has 1 amide bonds. The van der Waals surface area contributed by atoms with Gasteiger partial charge in [-0.15, -0.1) is 0 Å². The predicted octanol–water partition coefficient (Wildman–Crippen LogP) is 1.92. The van der Waals surface area contributed by atoms with E-state index >= 15 is 0 Å². The first-order chi connectivity index (χ1) is 8.47. The Hall–Kier alpha value is -1.75. The van der Waals surface area contributed by atoms with Crippen molar-refractivity contribution in [1.29, 1.82) is 0 Å². The van der Waals surface area contributed by atoms with Crippen molar-refractivity contribution in [3.05, 3.63) is 23.8 Å². The Morgan fingerprint density at radius 1 is 1.28 bits per heavy atom. The van der Waals surface area contributed by atoms with Gasteiger partial charge in [-0.3, -0.25) is 9.63 Å². The standard InChI is InChI=1S/C13H17NO4/c1-13(2,3)18-14-12(15)9-5-4-6-10-11(9)17-8-7-16-10/h4-6H,7-8H2,1-3H3,(H,14,15). The molecule has 0 unspecified atom stereocenters. The maximum Gasteiger partial charge on any atom is 0.278 e. The highest BCUT2D eigenvalue weighted by Gasteiger charge is 2.21. The van der Waals surface area contributed by atoms with Crippen molar-refractivity contribution in [2.24, 2.45) is 0 Å². The van der Waals surface area contributed by atoms with Crippen LogP contribution in [0.2, 0.25) is 0 Å². The van der Waals surface area contributed by atoms with Gasteiger partial charge in [-0.2, -0.15) is 0 Å². The Kier molecular flexibility index (Phi) is 3.43. The monoisotopic (exact) mass is 251 g/mol. The van der Waals surface area contributed by atoms with E-state index in [1.807, 2.05) is 20.8 Å². The second kappa shape index (κ2) is 4.86. The van der Waals surface area contributed by atoms with Gasteiger partial charge < -0.3 is 9.47 Å². The summed E-state index contributed by atoms with van der Waals surface area (Å²) in [6.45, 7) is 6.50.